The Morgan fingerprint density at radius 3 is 2.61 bits per heavy atom. The number of rotatable bonds is 4. The van der Waals surface area contributed by atoms with Crippen molar-refractivity contribution in [3.05, 3.63) is 57.2 Å². The molecule has 0 bridgehead atoms. The van der Waals surface area contributed by atoms with E-state index in [1.807, 2.05) is 43.3 Å². The Hall–Kier alpha value is -1.27. The molecular weight excluding hydrogens is 339 g/mol. The summed E-state index contributed by atoms with van der Waals surface area (Å²) in [5, 5.41) is 9.84. The molecule has 0 fully saturated rings. The maximum absolute atomic E-state index is 9.84. The second kappa shape index (κ2) is 6.06. The summed E-state index contributed by atoms with van der Waals surface area (Å²) in [6.45, 7) is 2.55. The second-order valence-corrected chi connectivity index (χ2v) is 5.24. The molecular formula is C14H15IN2O. The number of halogens is 1. The van der Waals surface area contributed by atoms with E-state index in [2.05, 4.69) is 33.4 Å². The fourth-order valence-corrected chi connectivity index (χ4v) is 2.14. The van der Waals surface area contributed by atoms with Crippen LogP contribution >= 0.6 is 22.6 Å². The van der Waals surface area contributed by atoms with E-state index in [1.54, 1.807) is 6.07 Å². The fraction of sp³-hybridized carbons (Fsp3) is 0.143. The Labute approximate surface area is 120 Å². The van der Waals surface area contributed by atoms with Crippen LogP contribution in [0.3, 0.4) is 0 Å². The van der Waals surface area contributed by atoms with E-state index in [0.717, 1.165) is 20.4 Å². The van der Waals surface area contributed by atoms with Crippen molar-refractivity contribution < 1.29 is 5.11 Å². The van der Waals surface area contributed by atoms with E-state index < -0.39 is 0 Å². The highest BCUT2D eigenvalue weighted by Crippen LogP contribution is 2.23. The predicted octanol–water partition coefficient (Wildman–Crippen LogP) is 3.42. The van der Waals surface area contributed by atoms with Crippen LogP contribution in [0.1, 0.15) is 11.1 Å². The Kier molecular flexibility index (Phi) is 4.43. The summed E-state index contributed by atoms with van der Waals surface area (Å²) in [4.78, 5) is 0. The standard InChI is InChI=1S/C14H15IN2O/c1-10-7-14(18)11(8-13(10)15)9-16-17-12-5-3-2-4-6-12/h2-8,16-18H,9H2,1H3. The summed E-state index contributed by atoms with van der Waals surface area (Å²) in [5.74, 6) is 0.329. The van der Waals surface area contributed by atoms with Gasteiger partial charge in [-0.1, -0.05) is 18.2 Å². The summed E-state index contributed by atoms with van der Waals surface area (Å²) in [5.41, 5.74) is 9.16. The van der Waals surface area contributed by atoms with Crippen LogP contribution in [0, 0.1) is 10.5 Å². The van der Waals surface area contributed by atoms with Gasteiger partial charge in [-0.05, 0) is 59.3 Å². The van der Waals surface area contributed by atoms with Gasteiger partial charge >= 0.3 is 0 Å². The average molecular weight is 354 g/mol. The van der Waals surface area contributed by atoms with Gasteiger partial charge in [0.15, 0.2) is 0 Å². The number of hydrazine groups is 1. The molecule has 0 atom stereocenters. The highest BCUT2D eigenvalue weighted by molar-refractivity contribution is 14.1. The lowest BCUT2D eigenvalue weighted by molar-refractivity contribution is 0.465. The molecule has 18 heavy (non-hydrogen) atoms. The molecule has 0 saturated carbocycles. The minimum absolute atomic E-state index is 0.329. The first-order valence-electron chi connectivity index (χ1n) is 5.69. The lowest BCUT2D eigenvalue weighted by Crippen LogP contribution is -2.20. The van der Waals surface area contributed by atoms with Crippen LogP contribution < -0.4 is 10.9 Å². The molecule has 0 aliphatic rings. The number of phenolic OH excluding ortho intramolecular Hbond substituents is 1. The van der Waals surface area contributed by atoms with Crippen LogP contribution in [0.2, 0.25) is 0 Å². The van der Waals surface area contributed by atoms with Crippen LogP contribution in [0.25, 0.3) is 0 Å². The van der Waals surface area contributed by atoms with Gasteiger partial charge in [0.1, 0.15) is 5.75 Å². The van der Waals surface area contributed by atoms with Gasteiger partial charge in [0, 0.05) is 21.4 Å². The molecule has 0 unspecified atom stereocenters. The molecule has 2 aromatic rings. The summed E-state index contributed by atoms with van der Waals surface area (Å²) < 4.78 is 1.15. The van der Waals surface area contributed by atoms with Gasteiger partial charge in [0.05, 0.1) is 0 Å². The molecule has 94 valence electrons. The Bertz CT molecular complexity index is 529. The van der Waals surface area contributed by atoms with Crippen molar-refractivity contribution in [1.29, 1.82) is 0 Å². The predicted molar refractivity (Wildman–Crippen MR) is 82.5 cm³/mol. The lowest BCUT2D eigenvalue weighted by Gasteiger charge is -2.11. The van der Waals surface area contributed by atoms with E-state index in [0.29, 0.717) is 12.3 Å². The largest absolute Gasteiger partial charge is 0.508 e. The molecule has 4 heteroatoms. The van der Waals surface area contributed by atoms with Crippen molar-refractivity contribution in [1.82, 2.24) is 5.43 Å². The van der Waals surface area contributed by atoms with Crippen LogP contribution in [0.4, 0.5) is 5.69 Å². The third-order valence-corrected chi connectivity index (χ3v) is 3.81. The van der Waals surface area contributed by atoms with E-state index in [1.165, 1.54) is 0 Å². The van der Waals surface area contributed by atoms with E-state index in [9.17, 15) is 5.11 Å². The number of aryl methyl sites for hydroxylation is 1. The SMILES string of the molecule is Cc1cc(O)c(CNNc2ccccc2)cc1I. The first-order valence-corrected chi connectivity index (χ1v) is 6.76. The number of aromatic hydroxyl groups is 1. The summed E-state index contributed by atoms with van der Waals surface area (Å²) >= 11 is 2.27. The van der Waals surface area contributed by atoms with E-state index in [-0.39, 0.29) is 0 Å². The quantitative estimate of drug-likeness (QED) is 0.582. The molecule has 2 aromatic carbocycles. The van der Waals surface area contributed by atoms with E-state index >= 15 is 0 Å². The molecule has 0 amide bonds. The monoisotopic (exact) mass is 354 g/mol. The summed E-state index contributed by atoms with van der Waals surface area (Å²) in [6.07, 6.45) is 0. The van der Waals surface area contributed by atoms with Gasteiger partial charge in [0.25, 0.3) is 0 Å². The summed E-state index contributed by atoms with van der Waals surface area (Å²) in [6, 6.07) is 13.6. The number of anilines is 1. The maximum Gasteiger partial charge on any atom is 0.120 e. The Balaban J connectivity index is 1.97. The van der Waals surface area contributed by atoms with Crippen LogP contribution in [0.5, 0.6) is 5.75 Å². The van der Waals surface area contributed by atoms with Gasteiger partial charge in [0.2, 0.25) is 0 Å². The normalized spacial score (nSPS) is 10.3. The zero-order chi connectivity index (χ0) is 13.0. The van der Waals surface area contributed by atoms with Gasteiger partial charge in [-0.15, -0.1) is 0 Å². The minimum atomic E-state index is 0.329. The molecule has 0 radical (unpaired) electrons. The summed E-state index contributed by atoms with van der Waals surface area (Å²) in [7, 11) is 0. The zero-order valence-electron chi connectivity index (χ0n) is 10.1. The van der Waals surface area contributed by atoms with Crippen molar-refractivity contribution in [3.8, 4) is 5.75 Å². The number of para-hydroxylation sites is 1. The Morgan fingerprint density at radius 2 is 1.89 bits per heavy atom. The first kappa shape index (κ1) is 13.2. The number of hydrogen-bond donors (Lipinski definition) is 3. The molecule has 0 spiro atoms. The zero-order valence-corrected chi connectivity index (χ0v) is 12.2. The maximum atomic E-state index is 9.84. The van der Waals surface area contributed by atoms with Gasteiger partial charge in [-0.2, -0.15) is 0 Å². The smallest absolute Gasteiger partial charge is 0.120 e. The highest BCUT2D eigenvalue weighted by atomic mass is 127. The third-order valence-electron chi connectivity index (χ3n) is 2.65. The van der Waals surface area contributed by atoms with Gasteiger partial charge < -0.3 is 10.5 Å². The van der Waals surface area contributed by atoms with E-state index in [4.69, 9.17) is 0 Å². The van der Waals surface area contributed by atoms with Crippen LogP contribution in [-0.2, 0) is 6.54 Å². The number of phenols is 1. The fourth-order valence-electron chi connectivity index (χ4n) is 1.61. The van der Waals surface area contributed by atoms with Crippen molar-refractivity contribution in [2.45, 2.75) is 13.5 Å². The third kappa shape index (κ3) is 3.36. The average Bonchev–Trinajstić information content (AvgIpc) is 2.37. The molecule has 2 rings (SSSR count). The first-order chi connectivity index (χ1) is 8.66. The van der Waals surface area contributed by atoms with Gasteiger partial charge in [-0.3, -0.25) is 0 Å². The molecule has 0 heterocycles. The molecule has 3 N–H and O–H groups in total. The second-order valence-electron chi connectivity index (χ2n) is 4.07. The number of benzene rings is 2. The lowest BCUT2D eigenvalue weighted by atomic mass is 10.1. The molecule has 0 saturated heterocycles. The highest BCUT2D eigenvalue weighted by Gasteiger charge is 2.04. The Morgan fingerprint density at radius 1 is 1.17 bits per heavy atom. The number of nitrogens with one attached hydrogen (secondary N) is 2. The van der Waals surface area contributed by atoms with Gasteiger partial charge in [-0.25, -0.2) is 5.43 Å². The minimum Gasteiger partial charge on any atom is -0.508 e. The molecule has 0 aromatic heterocycles. The van der Waals surface area contributed by atoms with Crippen molar-refractivity contribution in [2.24, 2.45) is 0 Å². The van der Waals surface area contributed by atoms with Crippen LogP contribution in [-0.4, -0.2) is 5.11 Å². The molecule has 0 aliphatic heterocycles. The molecule has 3 nitrogen and oxygen atoms in total. The number of hydrogen-bond acceptors (Lipinski definition) is 3. The van der Waals surface area contributed by atoms with Crippen molar-refractivity contribution >= 4 is 28.3 Å². The topological polar surface area (TPSA) is 44.3 Å². The van der Waals surface area contributed by atoms with Crippen LogP contribution in [0.15, 0.2) is 42.5 Å². The van der Waals surface area contributed by atoms with Crippen molar-refractivity contribution in [3.63, 3.8) is 0 Å². The van der Waals surface area contributed by atoms with Crippen molar-refractivity contribution in [2.75, 3.05) is 5.43 Å². The molecule has 0 aliphatic carbocycles.